The molecule has 40 heavy (non-hydrogen) atoms. The molecule has 0 aliphatic carbocycles. The molecule has 7 heteroatoms. The maximum absolute atomic E-state index is 13.8. The van der Waals surface area contributed by atoms with Gasteiger partial charge in [-0.2, -0.15) is 0 Å². The SMILES string of the molecule is CC(C)c1ccc2nc(N3C(=O)c4ccc(C(=O)N(c5ccccc5)c5ccccc5)cc4C3=O)c(O)cc2c1. The van der Waals surface area contributed by atoms with Crippen LogP contribution in [-0.4, -0.2) is 27.8 Å². The van der Waals surface area contributed by atoms with Crippen molar-refractivity contribution < 1.29 is 19.5 Å². The summed E-state index contributed by atoms with van der Waals surface area (Å²) in [6.07, 6.45) is 0. The smallest absolute Gasteiger partial charge is 0.267 e. The van der Waals surface area contributed by atoms with E-state index >= 15 is 0 Å². The van der Waals surface area contributed by atoms with Crippen molar-refractivity contribution in [1.29, 1.82) is 0 Å². The standard InChI is InChI=1S/C33H25N3O4/c1-20(2)21-14-16-28-23(17-21)19-29(37)30(34-28)36-32(39)26-15-13-22(18-27(26)33(36)40)31(38)35(24-9-5-3-6-10-24)25-11-7-4-8-12-25/h3-20,37H,1-2H3. The second-order valence-electron chi connectivity index (χ2n) is 9.96. The summed E-state index contributed by atoms with van der Waals surface area (Å²) in [5.74, 6) is -1.74. The van der Waals surface area contributed by atoms with Gasteiger partial charge in [0.15, 0.2) is 11.6 Å². The van der Waals surface area contributed by atoms with E-state index in [-0.39, 0.29) is 34.2 Å². The lowest BCUT2D eigenvalue weighted by Crippen LogP contribution is -2.30. The number of aromatic hydroxyl groups is 1. The van der Waals surface area contributed by atoms with Crippen LogP contribution in [0.1, 0.15) is 56.4 Å². The molecule has 0 bridgehead atoms. The van der Waals surface area contributed by atoms with E-state index in [1.165, 1.54) is 24.3 Å². The number of nitrogens with zero attached hydrogens (tertiary/aromatic N) is 3. The van der Waals surface area contributed by atoms with E-state index in [0.29, 0.717) is 28.2 Å². The van der Waals surface area contributed by atoms with Gasteiger partial charge in [0.05, 0.1) is 16.6 Å². The van der Waals surface area contributed by atoms with E-state index in [4.69, 9.17) is 0 Å². The molecule has 1 aliphatic rings. The minimum Gasteiger partial charge on any atom is -0.504 e. The second-order valence-corrected chi connectivity index (χ2v) is 9.96. The quantitative estimate of drug-likeness (QED) is 0.253. The first-order valence-corrected chi connectivity index (χ1v) is 12.9. The molecule has 1 N–H and O–H groups in total. The van der Waals surface area contributed by atoms with Gasteiger partial charge in [-0.1, -0.05) is 56.3 Å². The van der Waals surface area contributed by atoms with Crippen LogP contribution in [0, 0.1) is 0 Å². The summed E-state index contributed by atoms with van der Waals surface area (Å²) < 4.78 is 0. The van der Waals surface area contributed by atoms with Gasteiger partial charge in [-0.15, -0.1) is 0 Å². The van der Waals surface area contributed by atoms with E-state index < -0.39 is 11.8 Å². The molecular formula is C33H25N3O4. The molecule has 1 aliphatic heterocycles. The Morgan fingerprint density at radius 1 is 0.775 bits per heavy atom. The van der Waals surface area contributed by atoms with Crippen molar-refractivity contribution in [2.24, 2.45) is 0 Å². The first-order valence-electron chi connectivity index (χ1n) is 12.9. The number of anilines is 3. The molecule has 2 heterocycles. The number of para-hydroxylation sites is 2. The second kappa shape index (κ2) is 9.78. The average molecular weight is 528 g/mol. The molecule has 0 fully saturated rings. The van der Waals surface area contributed by atoms with Crippen LogP contribution in [0.3, 0.4) is 0 Å². The van der Waals surface area contributed by atoms with E-state index in [9.17, 15) is 19.5 Å². The van der Waals surface area contributed by atoms with Crippen molar-refractivity contribution in [1.82, 2.24) is 4.98 Å². The molecule has 0 radical (unpaired) electrons. The summed E-state index contributed by atoms with van der Waals surface area (Å²) >= 11 is 0. The highest BCUT2D eigenvalue weighted by Crippen LogP contribution is 2.36. The average Bonchev–Trinajstić information content (AvgIpc) is 3.22. The highest BCUT2D eigenvalue weighted by Gasteiger charge is 2.39. The first-order chi connectivity index (χ1) is 19.3. The van der Waals surface area contributed by atoms with Crippen LogP contribution in [0.4, 0.5) is 17.2 Å². The van der Waals surface area contributed by atoms with Crippen molar-refractivity contribution in [3.63, 3.8) is 0 Å². The fourth-order valence-corrected chi connectivity index (χ4v) is 4.93. The van der Waals surface area contributed by atoms with Gasteiger partial charge in [-0.05, 0) is 72.1 Å². The number of hydrogen-bond donors (Lipinski definition) is 1. The molecule has 0 atom stereocenters. The van der Waals surface area contributed by atoms with Gasteiger partial charge in [-0.3, -0.25) is 19.3 Å². The summed E-state index contributed by atoms with van der Waals surface area (Å²) in [7, 11) is 0. The Kier molecular flexibility index (Phi) is 6.11. The van der Waals surface area contributed by atoms with Crippen LogP contribution in [0.25, 0.3) is 10.9 Å². The van der Waals surface area contributed by atoms with E-state index in [1.807, 2.05) is 78.9 Å². The summed E-state index contributed by atoms with van der Waals surface area (Å²) in [6.45, 7) is 4.14. The first kappa shape index (κ1) is 25.0. The Bertz CT molecular complexity index is 1760. The van der Waals surface area contributed by atoms with Crippen LogP contribution >= 0.6 is 0 Å². The summed E-state index contributed by atoms with van der Waals surface area (Å²) in [4.78, 5) is 47.6. The third-order valence-electron chi connectivity index (χ3n) is 7.04. The van der Waals surface area contributed by atoms with Crippen LogP contribution in [0.5, 0.6) is 5.75 Å². The number of carbonyl (C=O) groups is 3. The number of pyridine rings is 1. The maximum Gasteiger partial charge on any atom is 0.267 e. The molecule has 1 aromatic heterocycles. The maximum atomic E-state index is 13.8. The highest BCUT2D eigenvalue weighted by atomic mass is 16.3. The van der Waals surface area contributed by atoms with Crippen molar-refractivity contribution in [2.45, 2.75) is 19.8 Å². The molecule has 0 spiro atoms. The minimum atomic E-state index is -0.651. The van der Waals surface area contributed by atoms with Crippen LogP contribution in [-0.2, 0) is 0 Å². The Morgan fingerprint density at radius 2 is 1.40 bits per heavy atom. The lowest BCUT2D eigenvalue weighted by molar-refractivity contribution is 0.0923. The van der Waals surface area contributed by atoms with Gasteiger partial charge in [0.25, 0.3) is 17.7 Å². The molecule has 196 valence electrons. The fraction of sp³-hybridized carbons (Fsp3) is 0.0909. The molecule has 0 unspecified atom stereocenters. The number of rotatable bonds is 5. The molecule has 4 aromatic carbocycles. The predicted octanol–water partition coefficient (Wildman–Crippen LogP) is 6.84. The highest BCUT2D eigenvalue weighted by molar-refractivity contribution is 6.35. The normalized spacial score (nSPS) is 12.7. The third kappa shape index (κ3) is 4.18. The molecular weight excluding hydrogens is 502 g/mol. The largest absolute Gasteiger partial charge is 0.504 e. The minimum absolute atomic E-state index is 0.0772. The van der Waals surface area contributed by atoms with Crippen molar-refractivity contribution in [2.75, 3.05) is 9.80 Å². The summed E-state index contributed by atoms with van der Waals surface area (Å²) in [6, 6.07) is 30.0. The molecule has 5 aromatic rings. The van der Waals surface area contributed by atoms with E-state index in [0.717, 1.165) is 10.5 Å². The Labute approximate surface area is 230 Å². The van der Waals surface area contributed by atoms with Gasteiger partial charge >= 0.3 is 0 Å². The van der Waals surface area contributed by atoms with Crippen LogP contribution in [0.2, 0.25) is 0 Å². The Morgan fingerprint density at radius 3 is 2.02 bits per heavy atom. The Balaban J connectivity index is 1.38. The fourth-order valence-electron chi connectivity index (χ4n) is 4.93. The number of benzene rings is 4. The number of carbonyl (C=O) groups excluding carboxylic acids is 3. The predicted molar refractivity (Wildman–Crippen MR) is 154 cm³/mol. The van der Waals surface area contributed by atoms with E-state index in [2.05, 4.69) is 18.8 Å². The number of amides is 3. The van der Waals surface area contributed by atoms with Gasteiger partial charge in [0, 0.05) is 22.3 Å². The van der Waals surface area contributed by atoms with Gasteiger partial charge < -0.3 is 5.11 Å². The van der Waals surface area contributed by atoms with Crippen LogP contribution < -0.4 is 9.80 Å². The topological polar surface area (TPSA) is 90.8 Å². The number of imide groups is 1. The molecule has 6 rings (SSSR count). The lowest BCUT2D eigenvalue weighted by atomic mass is 10.0. The van der Waals surface area contributed by atoms with E-state index in [1.54, 1.807) is 4.90 Å². The third-order valence-corrected chi connectivity index (χ3v) is 7.04. The summed E-state index contributed by atoms with van der Waals surface area (Å²) in [5.41, 5.74) is 3.41. The molecule has 7 nitrogen and oxygen atoms in total. The summed E-state index contributed by atoms with van der Waals surface area (Å²) in [5, 5.41) is 11.5. The van der Waals surface area contributed by atoms with Gasteiger partial charge in [-0.25, -0.2) is 9.88 Å². The number of fused-ring (bicyclic) bond motifs is 2. The zero-order valence-electron chi connectivity index (χ0n) is 21.9. The van der Waals surface area contributed by atoms with Gasteiger partial charge in [0.1, 0.15) is 0 Å². The van der Waals surface area contributed by atoms with Crippen molar-refractivity contribution >= 4 is 45.8 Å². The number of hydrogen-bond acceptors (Lipinski definition) is 5. The molecule has 0 saturated carbocycles. The Hall–Kier alpha value is -5.30. The van der Waals surface area contributed by atoms with Crippen molar-refractivity contribution in [3.8, 4) is 5.75 Å². The molecule has 0 saturated heterocycles. The van der Waals surface area contributed by atoms with Crippen LogP contribution in [0.15, 0.2) is 103 Å². The molecule has 3 amide bonds. The van der Waals surface area contributed by atoms with Gasteiger partial charge in [0.2, 0.25) is 0 Å². The zero-order valence-corrected chi connectivity index (χ0v) is 21.9. The lowest BCUT2D eigenvalue weighted by Gasteiger charge is -2.23. The number of aromatic nitrogens is 1. The zero-order chi connectivity index (χ0) is 28.0. The monoisotopic (exact) mass is 527 g/mol. The van der Waals surface area contributed by atoms with Crippen molar-refractivity contribution in [3.05, 3.63) is 125 Å².